The Morgan fingerprint density at radius 1 is 1.80 bits per heavy atom. The molecule has 10 heavy (non-hydrogen) atoms. The van der Waals surface area contributed by atoms with Gasteiger partial charge >= 0.3 is 0 Å². The molecule has 1 heterocycles. The highest BCUT2D eigenvalue weighted by Gasteiger charge is 2.43. The molecule has 0 amide bonds. The fourth-order valence-electron chi connectivity index (χ4n) is 0.901. The van der Waals surface area contributed by atoms with Gasteiger partial charge in [0.2, 0.25) is 5.85 Å². The molecule has 0 spiro atoms. The molecule has 0 unspecified atom stereocenters. The number of aliphatic hydroxyl groups excluding tert-OH is 2. The first-order chi connectivity index (χ1) is 4.57. The van der Waals surface area contributed by atoms with Gasteiger partial charge in [-0.05, 0) is 0 Å². The van der Waals surface area contributed by atoms with Crippen LogP contribution in [0.25, 0.3) is 0 Å². The van der Waals surface area contributed by atoms with Crippen molar-refractivity contribution in [3.05, 3.63) is 0 Å². The molecule has 0 aromatic rings. The molecule has 2 N–H and O–H groups in total. The van der Waals surface area contributed by atoms with Crippen molar-refractivity contribution >= 4 is 7.85 Å². The van der Waals surface area contributed by atoms with Crippen LogP contribution in [0.3, 0.4) is 0 Å². The van der Waals surface area contributed by atoms with Gasteiger partial charge in [-0.15, -0.1) is 0 Å². The highest BCUT2D eigenvalue weighted by Crippen LogP contribution is 2.29. The topological polar surface area (TPSA) is 49.7 Å². The van der Waals surface area contributed by atoms with Crippen LogP contribution in [0.5, 0.6) is 0 Å². The fourth-order valence-corrected chi connectivity index (χ4v) is 0.901. The molecule has 3 atom stereocenters. The van der Waals surface area contributed by atoms with Gasteiger partial charge in [0, 0.05) is 12.4 Å². The van der Waals surface area contributed by atoms with E-state index in [1.165, 1.54) is 0 Å². The van der Waals surface area contributed by atoms with Crippen molar-refractivity contribution in [1.29, 1.82) is 0 Å². The number of hydrogen-bond acceptors (Lipinski definition) is 3. The SMILES string of the molecule is [B][C@@H]1O[C@](F)(CO)C[C@H]1O. The van der Waals surface area contributed by atoms with E-state index in [1.54, 1.807) is 0 Å². The second-order valence-electron chi connectivity index (χ2n) is 2.40. The molecule has 5 heteroatoms. The number of aliphatic hydroxyl groups is 2. The van der Waals surface area contributed by atoms with Crippen LogP contribution in [0.1, 0.15) is 6.42 Å². The maximum atomic E-state index is 12.8. The van der Waals surface area contributed by atoms with E-state index in [2.05, 4.69) is 4.74 Å². The van der Waals surface area contributed by atoms with Crippen molar-refractivity contribution in [2.45, 2.75) is 24.4 Å². The highest BCUT2D eigenvalue weighted by atomic mass is 19.2. The molecule has 1 fully saturated rings. The minimum atomic E-state index is -2.14. The lowest BCUT2D eigenvalue weighted by Crippen LogP contribution is -2.27. The van der Waals surface area contributed by atoms with Gasteiger partial charge in [-0.3, -0.25) is 0 Å². The van der Waals surface area contributed by atoms with Crippen LogP contribution in [0, 0.1) is 0 Å². The van der Waals surface area contributed by atoms with Crippen molar-refractivity contribution in [2.24, 2.45) is 0 Å². The summed E-state index contributed by atoms with van der Waals surface area (Å²) in [6.07, 6.45) is -1.28. The summed E-state index contributed by atoms with van der Waals surface area (Å²) in [5, 5.41) is 17.3. The Bertz CT molecular complexity index is 122. The summed E-state index contributed by atoms with van der Waals surface area (Å²) in [6.45, 7) is -0.766. The Balaban J connectivity index is 2.55. The second kappa shape index (κ2) is 2.49. The second-order valence-corrected chi connectivity index (χ2v) is 2.40. The van der Waals surface area contributed by atoms with E-state index in [0.717, 1.165) is 0 Å². The lowest BCUT2D eigenvalue weighted by molar-refractivity contribution is -0.144. The van der Waals surface area contributed by atoms with Crippen molar-refractivity contribution in [3.63, 3.8) is 0 Å². The van der Waals surface area contributed by atoms with Gasteiger partial charge in [-0.25, -0.2) is 4.39 Å². The van der Waals surface area contributed by atoms with E-state index < -0.39 is 24.6 Å². The van der Waals surface area contributed by atoms with Gasteiger partial charge in [0.25, 0.3) is 0 Å². The molecule has 1 rings (SSSR count). The molecular weight excluding hydrogens is 138 g/mol. The van der Waals surface area contributed by atoms with E-state index in [1.807, 2.05) is 0 Å². The Hall–Kier alpha value is -0.125. The first-order valence-electron chi connectivity index (χ1n) is 2.99. The summed E-state index contributed by atoms with van der Waals surface area (Å²) < 4.78 is 17.3. The third-order valence-electron chi connectivity index (χ3n) is 1.48. The van der Waals surface area contributed by atoms with Crippen LogP contribution in [0.15, 0.2) is 0 Å². The van der Waals surface area contributed by atoms with Gasteiger partial charge in [-0.1, -0.05) is 0 Å². The lowest BCUT2D eigenvalue weighted by atomic mass is 9.94. The fraction of sp³-hybridized carbons (Fsp3) is 1.00. The minimum Gasteiger partial charge on any atom is -0.391 e. The van der Waals surface area contributed by atoms with Crippen LogP contribution in [-0.4, -0.2) is 42.6 Å². The van der Waals surface area contributed by atoms with Crippen LogP contribution in [0.4, 0.5) is 4.39 Å². The van der Waals surface area contributed by atoms with Crippen molar-refractivity contribution in [1.82, 2.24) is 0 Å². The summed E-state index contributed by atoms with van der Waals surface area (Å²) in [5.41, 5.74) is 0. The third kappa shape index (κ3) is 1.31. The van der Waals surface area contributed by atoms with E-state index in [4.69, 9.17) is 18.1 Å². The maximum Gasteiger partial charge on any atom is 0.234 e. The minimum absolute atomic E-state index is 0.259. The standard InChI is InChI=1S/C5H8BFO3/c6-4-3(9)1-5(7,2-8)10-4/h3-4,8-9H,1-2H2/t3-,4-,5+/m1/s1. The molecule has 1 saturated heterocycles. The van der Waals surface area contributed by atoms with Gasteiger partial charge in [0.1, 0.15) is 14.5 Å². The number of hydrogen-bond donors (Lipinski definition) is 2. The van der Waals surface area contributed by atoms with Crippen LogP contribution in [-0.2, 0) is 4.74 Å². The monoisotopic (exact) mass is 146 g/mol. The van der Waals surface area contributed by atoms with Crippen LogP contribution in [0.2, 0.25) is 0 Å². The molecule has 3 nitrogen and oxygen atoms in total. The van der Waals surface area contributed by atoms with Gasteiger partial charge in [0.15, 0.2) is 0 Å². The maximum absolute atomic E-state index is 12.8. The van der Waals surface area contributed by atoms with E-state index in [9.17, 15) is 4.39 Å². The van der Waals surface area contributed by atoms with Crippen molar-refractivity contribution in [3.8, 4) is 0 Å². The van der Waals surface area contributed by atoms with Gasteiger partial charge in [0.05, 0.1) is 6.10 Å². The third-order valence-corrected chi connectivity index (χ3v) is 1.48. The van der Waals surface area contributed by atoms with E-state index in [-0.39, 0.29) is 6.42 Å². The number of alkyl halides is 1. The Kier molecular flexibility index (Phi) is 1.98. The van der Waals surface area contributed by atoms with Crippen LogP contribution < -0.4 is 0 Å². The molecular formula is C5H8BFO3. The number of rotatable bonds is 1. The van der Waals surface area contributed by atoms with Gasteiger partial charge < -0.3 is 14.9 Å². The predicted octanol–water partition coefficient (Wildman–Crippen LogP) is -1.08. The normalized spacial score (nSPS) is 47.9. The molecule has 0 bridgehead atoms. The average Bonchev–Trinajstić information content (AvgIpc) is 2.10. The smallest absolute Gasteiger partial charge is 0.234 e. The zero-order chi connectivity index (χ0) is 7.78. The average molecular weight is 146 g/mol. The van der Waals surface area contributed by atoms with Crippen molar-refractivity contribution in [2.75, 3.05) is 6.61 Å². The first kappa shape index (κ1) is 7.98. The Morgan fingerprint density at radius 3 is 2.60 bits per heavy atom. The molecule has 0 aromatic heterocycles. The van der Waals surface area contributed by atoms with E-state index >= 15 is 0 Å². The lowest BCUT2D eigenvalue weighted by Gasteiger charge is -2.15. The molecule has 2 radical (unpaired) electrons. The molecule has 1 aliphatic heterocycles. The first-order valence-corrected chi connectivity index (χ1v) is 2.99. The largest absolute Gasteiger partial charge is 0.391 e. The Morgan fingerprint density at radius 2 is 2.40 bits per heavy atom. The molecule has 1 aliphatic rings. The molecule has 0 aliphatic carbocycles. The molecule has 56 valence electrons. The summed E-state index contributed by atoms with van der Waals surface area (Å²) >= 11 is 0. The Labute approximate surface area is 59.2 Å². The molecule has 0 aromatic carbocycles. The quantitative estimate of drug-likeness (QED) is 0.462. The molecule has 0 saturated carbocycles. The van der Waals surface area contributed by atoms with E-state index in [0.29, 0.717) is 0 Å². The van der Waals surface area contributed by atoms with Crippen molar-refractivity contribution < 1.29 is 19.3 Å². The summed E-state index contributed by atoms with van der Waals surface area (Å²) in [7, 11) is 5.11. The highest BCUT2D eigenvalue weighted by molar-refractivity contribution is 6.11. The number of ether oxygens (including phenoxy) is 1. The summed E-state index contributed by atoms with van der Waals surface area (Å²) in [5.74, 6) is -2.14. The number of halogens is 1. The summed E-state index contributed by atoms with van der Waals surface area (Å²) in [4.78, 5) is 0. The van der Waals surface area contributed by atoms with Gasteiger partial charge in [-0.2, -0.15) is 0 Å². The summed E-state index contributed by atoms with van der Waals surface area (Å²) in [6, 6.07) is -1.02. The zero-order valence-corrected chi connectivity index (χ0v) is 5.33. The predicted molar refractivity (Wildman–Crippen MR) is 32.2 cm³/mol. The van der Waals surface area contributed by atoms with Crippen LogP contribution >= 0.6 is 0 Å². The zero-order valence-electron chi connectivity index (χ0n) is 5.33.